The highest BCUT2D eigenvalue weighted by molar-refractivity contribution is 5.84. The minimum atomic E-state index is -0.896. The van der Waals surface area contributed by atoms with E-state index in [0.29, 0.717) is 42.6 Å². The zero-order valence-electron chi connectivity index (χ0n) is 18.6. The van der Waals surface area contributed by atoms with Gasteiger partial charge < -0.3 is 26.0 Å². The quantitative estimate of drug-likeness (QED) is 0.315. The summed E-state index contributed by atoms with van der Waals surface area (Å²) in [7, 11) is 0. The van der Waals surface area contributed by atoms with Crippen molar-refractivity contribution in [1.82, 2.24) is 19.5 Å². The van der Waals surface area contributed by atoms with Gasteiger partial charge in [0, 0.05) is 18.8 Å². The number of aliphatic hydroxyl groups is 1. The molecule has 0 aliphatic heterocycles. The molecule has 0 saturated carbocycles. The molecule has 166 valence electrons. The summed E-state index contributed by atoms with van der Waals surface area (Å²) in [6.45, 7) is 6.95. The molecule has 4 aromatic rings. The van der Waals surface area contributed by atoms with E-state index in [1.807, 2.05) is 47.9 Å². The molecule has 0 fully saturated rings. The summed E-state index contributed by atoms with van der Waals surface area (Å²) < 4.78 is 1.99. The summed E-state index contributed by atoms with van der Waals surface area (Å²) >= 11 is 0. The number of hydrogen-bond donors (Lipinski definition) is 4. The molecular formula is C24H29N7O. The topological polar surface area (TPSA) is 114 Å². The number of anilines is 3. The highest BCUT2D eigenvalue weighted by atomic mass is 16.3. The van der Waals surface area contributed by atoms with E-state index >= 15 is 0 Å². The first-order valence-electron chi connectivity index (χ1n) is 10.6. The molecule has 4 rings (SSSR count). The normalized spacial score (nSPS) is 11.6. The van der Waals surface area contributed by atoms with E-state index in [-0.39, 0.29) is 0 Å². The second-order valence-electron chi connectivity index (χ2n) is 8.65. The van der Waals surface area contributed by atoms with Crippen molar-refractivity contribution in [2.45, 2.75) is 39.5 Å². The lowest BCUT2D eigenvalue weighted by Crippen LogP contribution is -2.30. The zero-order chi connectivity index (χ0) is 22.7. The average Bonchev–Trinajstić information content (AvgIpc) is 3.14. The number of nitrogen functional groups attached to an aromatic ring is 1. The molecule has 8 heteroatoms. The van der Waals surface area contributed by atoms with Crippen LogP contribution in [0.1, 0.15) is 30.5 Å². The third kappa shape index (κ3) is 5.15. The van der Waals surface area contributed by atoms with Crippen LogP contribution < -0.4 is 16.4 Å². The third-order valence-electron chi connectivity index (χ3n) is 5.09. The number of nitrogens with zero attached hydrogens (tertiary/aromatic N) is 4. The Balaban J connectivity index is 1.67. The highest BCUT2D eigenvalue weighted by Crippen LogP contribution is 2.24. The maximum atomic E-state index is 10.1. The van der Waals surface area contributed by atoms with Gasteiger partial charge in [-0.2, -0.15) is 9.97 Å². The first kappa shape index (κ1) is 21.6. The number of aryl methyl sites for hydroxylation is 1. The molecule has 0 bridgehead atoms. The molecular weight excluding hydrogens is 402 g/mol. The number of hydrogen-bond acceptors (Lipinski definition) is 7. The number of fused-ring (bicyclic) bond motifs is 1. The molecule has 0 unspecified atom stereocenters. The van der Waals surface area contributed by atoms with Gasteiger partial charge in [0.25, 0.3) is 0 Å². The number of rotatable bonds is 8. The van der Waals surface area contributed by atoms with Crippen LogP contribution in [0.25, 0.3) is 11.2 Å². The first-order chi connectivity index (χ1) is 15.3. The van der Waals surface area contributed by atoms with Gasteiger partial charge in [0.1, 0.15) is 0 Å². The maximum absolute atomic E-state index is 10.1. The van der Waals surface area contributed by atoms with Crippen LogP contribution in [0.15, 0.2) is 54.9 Å². The fraction of sp³-hybridized carbons (Fsp3) is 0.292. The maximum Gasteiger partial charge on any atom is 0.226 e. The van der Waals surface area contributed by atoms with Crippen molar-refractivity contribution in [2.24, 2.45) is 0 Å². The predicted molar refractivity (Wildman–Crippen MR) is 129 cm³/mol. The van der Waals surface area contributed by atoms with E-state index in [2.05, 4.69) is 37.7 Å². The molecule has 2 aromatic carbocycles. The SMILES string of the molecule is Cc1ccc(CNc2nc(NCC(C)(C)O)nc3c2ncn3Cc2ccccc2)c(N)c1. The fourth-order valence-corrected chi connectivity index (χ4v) is 3.39. The summed E-state index contributed by atoms with van der Waals surface area (Å²) in [5.41, 5.74) is 10.7. The van der Waals surface area contributed by atoms with Gasteiger partial charge in [-0.25, -0.2) is 4.98 Å². The van der Waals surface area contributed by atoms with Crippen LogP contribution in [0, 0.1) is 6.92 Å². The molecule has 0 atom stereocenters. The van der Waals surface area contributed by atoms with Crippen molar-refractivity contribution in [3.05, 3.63) is 71.5 Å². The molecule has 0 amide bonds. The number of imidazole rings is 1. The van der Waals surface area contributed by atoms with Crippen molar-refractivity contribution >= 4 is 28.6 Å². The monoisotopic (exact) mass is 431 g/mol. The molecule has 0 saturated heterocycles. The Bertz CT molecular complexity index is 1210. The van der Waals surface area contributed by atoms with E-state index < -0.39 is 5.60 Å². The lowest BCUT2D eigenvalue weighted by Gasteiger charge is -2.18. The van der Waals surface area contributed by atoms with Crippen LogP contribution in [0.5, 0.6) is 0 Å². The van der Waals surface area contributed by atoms with E-state index in [1.54, 1.807) is 20.2 Å². The number of benzene rings is 2. The lowest BCUT2D eigenvalue weighted by molar-refractivity contribution is 0.0943. The van der Waals surface area contributed by atoms with Crippen LogP contribution in [-0.2, 0) is 13.1 Å². The summed E-state index contributed by atoms with van der Waals surface area (Å²) in [6, 6.07) is 16.2. The van der Waals surface area contributed by atoms with Gasteiger partial charge in [0.05, 0.1) is 18.5 Å². The van der Waals surface area contributed by atoms with E-state index in [0.717, 1.165) is 22.4 Å². The number of aromatic nitrogens is 4. The predicted octanol–water partition coefficient (Wildman–Crippen LogP) is 3.56. The molecule has 32 heavy (non-hydrogen) atoms. The molecule has 0 spiro atoms. The van der Waals surface area contributed by atoms with E-state index in [9.17, 15) is 5.11 Å². The van der Waals surface area contributed by atoms with Gasteiger partial charge in [-0.15, -0.1) is 0 Å². The average molecular weight is 432 g/mol. The molecule has 0 radical (unpaired) electrons. The van der Waals surface area contributed by atoms with Crippen LogP contribution in [-0.4, -0.2) is 36.8 Å². The molecule has 0 aliphatic rings. The minimum Gasteiger partial charge on any atom is -0.398 e. The Morgan fingerprint density at radius 3 is 2.56 bits per heavy atom. The van der Waals surface area contributed by atoms with Crippen molar-refractivity contribution in [3.8, 4) is 0 Å². The van der Waals surface area contributed by atoms with Crippen molar-refractivity contribution in [1.29, 1.82) is 0 Å². The standard InChI is InChI=1S/C24H29N7O/c1-16-9-10-18(19(25)11-16)12-26-21-20-22(30-23(29-21)27-14-24(2,3)32)31(15-28-20)13-17-7-5-4-6-8-17/h4-11,15,32H,12-14,25H2,1-3H3,(H2,26,27,29,30). The number of nitrogens with two attached hydrogens (primary N) is 1. The molecule has 0 aliphatic carbocycles. The van der Waals surface area contributed by atoms with Gasteiger partial charge in [-0.3, -0.25) is 0 Å². The van der Waals surface area contributed by atoms with E-state index in [1.165, 1.54) is 0 Å². The van der Waals surface area contributed by atoms with E-state index in [4.69, 9.17) is 5.73 Å². The molecule has 2 heterocycles. The third-order valence-corrected chi connectivity index (χ3v) is 5.09. The Morgan fingerprint density at radius 2 is 1.84 bits per heavy atom. The number of nitrogens with one attached hydrogen (secondary N) is 2. The second kappa shape index (κ2) is 8.84. The van der Waals surface area contributed by atoms with Gasteiger partial charge in [0.2, 0.25) is 5.95 Å². The first-order valence-corrected chi connectivity index (χ1v) is 10.6. The van der Waals surface area contributed by atoms with Crippen LogP contribution in [0.2, 0.25) is 0 Å². The minimum absolute atomic E-state index is 0.315. The van der Waals surface area contributed by atoms with Gasteiger partial charge in [0.15, 0.2) is 17.0 Å². The molecule has 5 N–H and O–H groups in total. The van der Waals surface area contributed by atoms with Gasteiger partial charge >= 0.3 is 0 Å². The van der Waals surface area contributed by atoms with Crippen LogP contribution >= 0.6 is 0 Å². The van der Waals surface area contributed by atoms with Crippen molar-refractivity contribution in [3.63, 3.8) is 0 Å². The summed E-state index contributed by atoms with van der Waals surface area (Å²) in [6.07, 6.45) is 1.78. The molecule has 8 nitrogen and oxygen atoms in total. The molecule has 2 aromatic heterocycles. The highest BCUT2D eigenvalue weighted by Gasteiger charge is 2.17. The Labute approximate surface area is 187 Å². The largest absolute Gasteiger partial charge is 0.398 e. The van der Waals surface area contributed by atoms with Gasteiger partial charge in [-0.1, -0.05) is 42.5 Å². The van der Waals surface area contributed by atoms with Crippen molar-refractivity contribution < 1.29 is 5.11 Å². The summed E-state index contributed by atoms with van der Waals surface area (Å²) in [5.74, 6) is 1.04. The lowest BCUT2D eigenvalue weighted by atomic mass is 10.1. The fourth-order valence-electron chi connectivity index (χ4n) is 3.39. The Morgan fingerprint density at radius 1 is 1.06 bits per heavy atom. The Kier molecular flexibility index (Phi) is 5.96. The van der Waals surface area contributed by atoms with Crippen molar-refractivity contribution in [2.75, 3.05) is 22.9 Å². The zero-order valence-corrected chi connectivity index (χ0v) is 18.6. The Hall–Kier alpha value is -3.65. The summed E-state index contributed by atoms with van der Waals surface area (Å²) in [5, 5.41) is 16.6. The smallest absolute Gasteiger partial charge is 0.226 e. The van der Waals surface area contributed by atoms with Crippen LogP contribution in [0.4, 0.5) is 17.5 Å². The second-order valence-corrected chi connectivity index (χ2v) is 8.65. The van der Waals surface area contributed by atoms with Gasteiger partial charge in [-0.05, 0) is 43.5 Å². The van der Waals surface area contributed by atoms with Crippen LogP contribution in [0.3, 0.4) is 0 Å². The summed E-state index contributed by atoms with van der Waals surface area (Å²) in [4.78, 5) is 13.9.